The SMILES string of the molecule is Cc1cccc(C(=O)[O-])c1.[NH3+][C@@H](Cc1ccccc1)C(=O)Nc1cccnc1. The molecule has 0 aliphatic carbocycles. The molecular weight excluding hydrogens is 354 g/mol. The van der Waals surface area contributed by atoms with Gasteiger partial charge >= 0.3 is 0 Å². The van der Waals surface area contributed by atoms with Crippen molar-refractivity contribution in [2.75, 3.05) is 5.32 Å². The number of nitrogens with one attached hydrogen (secondary N) is 1. The quantitative estimate of drug-likeness (QED) is 0.697. The van der Waals surface area contributed by atoms with Gasteiger partial charge in [0.15, 0.2) is 6.04 Å². The van der Waals surface area contributed by atoms with Crippen LogP contribution in [0.1, 0.15) is 21.5 Å². The molecule has 6 nitrogen and oxygen atoms in total. The molecule has 0 spiro atoms. The largest absolute Gasteiger partial charge is 0.545 e. The molecule has 1 aromatic heterocycles. The molecule has 0 radical (unpaired) electrons. The minimum Gasteiger partial charge on any atom is -0.545 e. The number of carboxylic acid groups (broad SMARTS) is 1. The number of hydrogen-bond donors (Lipinski definition) is 2. The van der Waals surface area contributed by atoms with Crippen molar-refractivity contribution >= 4 is 17.6 Å². The van der Waals surface area contributed by atoms with Gasteiger partial charge in [-0.2, -0.15) is 0 Å². The van der Waals surface area contributed by atoms with E-state index in [1.807, 2.05) is 43.3 Å². The number of rotatable bonds is 5. The Bertz CT molecular complexity index is 899. The topological polar surface area (TPSA) is 110 Å². The van der Waals surface area contributed by atoms with Crippen LogP contribution in [0.15, 0.2) is 79.1 Å². The first-order valence-corrected chi connectivity index (χ1v) is 8.81. The summed E-state index contributed by atoms with van der Waals surface area (Å²) in [5, 5.41) is 13.0. The van der Waals surface area contributed by atoms with Crippen molar-refractivity contribution in [3.05, 3.63) is 95.8 Å². The predicted molar refractivity (Wildman–Crippen MR) is 105 cm³/mol. The molecule has 144 valence electrons. The third-order valence-electron chi connectivity index (χ3n) is 3.88. The van der Waals surface area contributed by atoms with E-state index in [1.165, 1.54) is 6.07 Å². The Hall–Kier alpha value is -3.51. The van der Waals surface area contributed by atoms with Crippen LogP contribution < -0.4 is 16.2 Å². The maximum absolute atomic E-state index is 11.9. The van der Waals surface area contributed by atoms with Crippen molar-refractivity contribution < 1.29 is 20.4 Å². The van der Waals surface area contributed by atoms with Gasteiger partial charge in [-0.15, -0.1) is 0 Å². The van der Waals surface area contributed by atoms with E-state index in [2.05, 4.69) is 16.0 Å². The maximum Gasteiger partial charge on any atom is 0.282 e. The number of benzene rings is 2. The Kier molecular flexibility index (Phi) is 7.87. The lowest BCUT2D eigenvalue weighted by atomic mass is 10.1. The molecule has 3 aromatic rings. The van der Waals surface area contributed by atoms with E-state index in [1.54, 1.807) is 36.7 Å². The molecule has 6 heteroatoms. The van der Waals surface area contributed by atoms with E-state index in [0.717, 1.165) is 11.1 Å². The average molecular weight is 377 g/mol. The first-order chi connectivity index (χ1) is 13.5. The number of aromatic carboxylic acids is 1. The van der Waals surface area contributed by atoms with Gasteiger partial charge in [0.25, 0.3) is 5.91 Å². The van der Waals surface area contributed by atoms with E-state index in [4.69, 9.17) is 0 Å². The average Bonchev–Trinajstić information content (AvgIpc) is 2.70. The molecule has 0 saturated carbocycles. The van der Waals surface area contributed by atoms with Gasteiger partial charge in [-0.05, 0) is 30.2 Å². The van der Waals surface area contributed by atoms with Crippen molar-refractivity contribution in [3.8, 4) is 0 Å². The summed E-state index contributed by atoms with van der Waals surface area (Å²) in [6.45, 7) is 1.84. The summed E-state index contributed by atoms with van der Waals surface area (Å²) in [4.78, 5) is 26.1. The summed E-state index contributed by atoms with van der Waals surface area (Å²) in [6.07, 6.45) is 3.92. The summed E-state index contributed by atoms with van der Waals surface area (Å²) in [7, 11) is 0. The van der Waals surface area contributed by atoms with E-state index in [9.17, 15) is 14.7 Å². The standard InChI is InChI=1S/C14H15N3O.C8H8O2/c15-13(9-11-5-2-1-3-6-11)14(18)17-12-7-4-8-16-10-12;1-6-3-2-4-7(5-6)8(9)10/h1-8,10,13H,9,15H2,(H,17,18);2-5H,1H3,(H,9,10)/t13-;/m0./s1. The molecular formula is C22H23N3O3. The van der Waals surface area contributed by atoms with Crippen molar-refractivity contribution in [1.29, 1.82) is 0 Å². The molecule has 0 aliphatic rings. The van der Waals surface area contributed by atoms with Crippen molar-refractivity contribution in [1.82, 2.24) is 4.98 Å². The van der Waals surface area contributed by atoms with Gasteiger partial charge in [0, 0.05) is 12.6 Å². The lowest BCUT2D eigenvalue weighted by Gasteiger charge is -2.09. The number of amides is 1. The number of carbonyl (C=O) groups excluding carboxylic acids is 2. The molecule has 0 saturated heterocycles. The van der Waals surface area contributed by atoms with Gasteiger partial charge in [-0.1, -0.05) is 60.2 Å². The lowest BCUT2D eigenvalue weighted by molar-refractivity contribution is -0.402. The van der Waals surface area contributed by atoms with Gasteiger partial charge in [0.1, 0.15) is 0 Å². The van der Waals surface area contributed by atoms with Crippen molar-refractivity contribution in [2.24, 2.45) is 0 Å². The summed E-state index contributed by atoms with van der Waals surface area (Å²) in [5.74, 6) is -1.21. The van der Waals surface area contributed by atoms with Crippen LogP contribution in [0.3, 0.4) is 0 Å². The van der Waals surface area contributed by atoms with Gasteiger partial charge < -0.3 is 21.0 Å². The second-order valence-electron chi connectivity index (χ2n) is 6.27. The van der Waals surface area contributed by atoms with Crippen LogP contribution in [-0.4, -0.2) is 22.9 Å². The number of pyridine rings is 1. The first-order valence-electron chi connectivity index (χ1n) is 8.81. The molecule has 4 N–H and O–H groups in total. The molecule has 0 aliphatic heterocycles. The third kappa shape index (κ3) is 7.01. The van der Waals surface area contributed by atoms with Gasteiger partial charge in [-0.3, -0.25) is 9.78 Å². The number of hydrogen-bond acceptors (Lipinski definition) is 4. The monoisotopic (exact) mass is 377 g/mol. The number of nitrogens with zero attached hydrogens (tertiary/aromatic N) is 1. The van der Waals surface area contributed by atoms with Crippen molar-refractivity contribution in [2.45, 2.75) is 19.4 Å². The van der Waals surface area contributed by atoms with Crippen LogP contribution in [-0.2, 0) is 11.2 Å². The molecule has 1 atom stereocenters. The number of anilines is 1. The fraction of sp³-hybridized carbons (Fsp3) is 0.136. The Morgan fingerprint density at radius 1 is 1.07 bits per heavy atom. The second-order valence-corrected chi connectivity index (χ2v) is 6.27. The highest BCUT2D eigenvalue weighted by Gasteiger charge is 2.17. The Morgan fingerprint density at radius 2 is 1.82 bits per heavy atom. The molecule has 1 heterocycles. The molecule has 3 rings (SSSR count). The normalized spacial score (nSPS) is 10.9. The van der Waals surface area contributed by atoms with E-state index >= 15 is 0 Å². The van der Waals surface area contributed by atoms with Gasteiger partial charge in [0.2, 0.25) is 0 Å². The number of carbonyl (C=O) groups is 2. The summed E-state index contributed by atoms with van der Waals surface area (Å²) < 4.78 is 0. The number of aromatic nitrogens is 1. The molecule has 0 bridgehead atoms. The Balaban J connectivity index is 0.000000237. The zero-order valence-corrected chi connectivity index (χ0v) is 15.7. The van der Waals surface area contributed by atoms with Crippen molar-refractivity contribution in [3.63, 3.8) is 0 Å². The van der Waals surface area contributed by atoms with E-state index in [0.29, 0.717) is 12.1 Å². The smallest absolute Gasteiger partial charge is 0.282 e. The minimum absolute atomic E-state index is 0.0909. The van der Waals surface area contributed by atoms with Crippen LogP contribution in [0.2, 0.25) is 0 Å². The lowest BCUT2D eigenvalue weighted by Crippen LogP contribution is -2.67. The van der Waals surface area contributed by atoms with Crippen LogP contribution in [0.5, 0.6) is 0 Å². The highest BCUT2D eigenvalue weighted by atomic mass is 16.4. The molecule has 2 aromatic carbocycles. The highest BCUT2D eigenvalue weighted by Crippen LogP contribution is 2.05. The van der Waals surface area contributed by atoms with Crippen LogP contribution in [0, 0.1) is 6.92 Å². The highest BCUT2D eigenvalue weighted by molar-refractivity contribution is 5.93. The molecule has 0 unspecified atom stereocenters. The molecule has 1 amide bonds. The second kappa shape index (κ2) is 10.6. The Morgan fingerprint density at radius 3 is 2.39 bits per heavy atom. The summed E-state index contributed by atoms with van der Waals surface area (Å²) in [6, 6.07) is 19.8. The van der Waals surface area contributed by atoms with Gasteiger partial charge in [-0.25, -0.2) is 0 Å². The Labute approximate surface area is 164 Å². The number of quaternary nitrogens is 1. The fourth-order valence-electron chi connectivity index (χ4n) is 2.44. The number of aryl methyl sites for hydroxylation is 1. The van der Waals surface area contributed by atoms with Gasteiger partial charge in [0.05, 0.1) is 17.9 Å². The van der Waals surface area contributed by atoms with E-state index in [-0.39, 0.29) is 17.5 Å². The van der Waals surface area contributed by atoms with Crippen LogP contribution >= 0.6 is 0 Å². The van der Waals surface area contributed by atoms with Crippen LogP contribution in [0.4, 0.5) is 5.69 Å². The first kappa shape index (κ1) is 20.8. The van der Waals surface area contributed by atoms with Crippen LogP contribution in [0.25, 0.3) is 0 Å². The maximum atomic E-state index is 11.9. The zero-order chi connectivity index (χ0) is 20.4. The fourth-order valence-corrected chi connectivity index (χ4v) is 2.44. The molecule has 0 fully saturated rings. The summed E-state index contributed by atoms with van der Waals surface area (Å²) in [5.41, 5.74) is 6.87. The molecule has 28 heavy (non-hydrogen) atoms. The number of carboxylic acids is 1. The van der Waals surface area contributed by atoms with E-state index < -0.39 is 5.97 Å². The zero-order valence-electron chi connectivity index (χ0n) is 15.7. The summed E-state index contributed by atoms with van der Waals surface area (Å²) >= 11 is 0. The minimum atomic E-state index is -1.12. The third-order valence-corrected chi connectivity index (χ3v) is 3.88. The predicted octanol–water partition coefficient (Wildman–Crippen LogP) is 1.23.